The van der Waals surface area contributed by atoms with Crippen LogP contribution in [0.2, 0.25) is 0 Å². The van der Waals surface area contributed by atoms with Gasteiger partial charge in [0.25, 0.3) is 0 Å². The first-order valence-corrected chi connectivity index (χ1v) is 4.79. The van der Waals surface area contributed by atoms with E-state index in [2.05, 4.69) is 11.4 Å². The van der Waals surface area contributed by atoms with E-state index in [1.165, 1.54) is 0 Å². The standard InChI is InChI=1S/C10H18N2O2/c1-10(2,3)14-9(13)12-8-6-4-5-7-11/h4-6,8H2,1-3H3,(H,12,13). The average Bonchev–Trinajstić information content (AvgIpc) is 2.00. The summed E-state index contributed by atoms with van der Waals surface area (Å²) in [5.74, 6) is 0. The second kappa shape index (κ2) is 6.25. The van der Waals surface area contributed by atoms with E-state index in [9.17, 15) is 4.79 Å². The van der Waals surface area contributed by atoms with Crippen LogP contribution in [0.4, 0.5) is 4.79 Å². The van der Waals surface area contributed by atoms with Gasteiger partial charge in [-0.15, -0.1) is 0 Å². The Morgan fingerprint density at radius 2 is 2.07 bits per heavy atom. The van der Waals surface area contributed by atoms with Gasteiger partial charge in [-0.2, -0.15) is 5.26 Å². The van der Waals surface area contributed by atoms with Gasteiger partial charge in [0.1, 0.15) is 5.60 Å². The average molecular weight is 198 g/mol. The van der Waals surface area contributed by atoms with Gasteiger partial charge in [0.2, 0.25) is 0 Å². The Hall–Kier alpha value is -1.24. The van der Waals surface area contributed by atoms with Crippen LogP contribution in [0.1, 0.15) is 40.0 Å². The monoisotopic (exact) mass is 198 g/mol. The third kappa shape index (κ3) is 8.85. The maximum Gasteiger partial charge on any atom is 0.407 e. The van der Waals surface area contributed by atoms with Gasteiger partial charge < -0.3 is 10.1 Å². The third-order valence-electron chi connectivity index (χ3n) is 1.38. The van der Waals surface area contributed by atoms with Gasteiger partial charge in [0.05, 0.1) is 6.07 Å². The number of hydrogen-bond donors (Lipinski definition) is 1. The van der Waals surface area contributed by atoms with Crippen molar-refractivity contribution in [2.75, 3.05) is 6.54 Å². The lowest BCUT2D eigenvalue weighted by Gasteiger charge is -2.19. The van der Waals surface area contributed by atoms with Crippen molar-refractivity contribution >= 4 is 6.09 Å². The van der Waals surface area contributed by atoms with E-state index >= 15 is 0 Å². The van der Waals surface area contributed by atoms with Crippen LogP contribution in [0, 0.1) is 11.3 Å². The third-order valence-corrected chi connectivity index (χ3v) is 1.38. The zero-order valence-corrected chi connectivity index (χ0v) is 9.09. The lowest BCUT2D eigenvalue weighted by atomic mass is 10.2. The zero-order chi connectivity index (χ0) is 11.0. The highest BCUT2D eigenvalue weighted by atomic mass is 16.6. The first kappa shape index (κ1) is 12.8. The summed E-state index contributed by atoms with van der Waals surface area (Å²) in [5.41, 5.74) is -0.448. The van der Waals surface area contributed by atoms with Gasteiger partial charge in [-0.25, -0.2) is 4.79 Å². The first-order chi connectivity index (χ1) is 6.45. The molecule has 0 aliphatic heterocycles. The molecule has 4 heteroatoms. The molecular formula is C10H18N2O2. The Kier molecular flexibility index (Phi) is 5.70. The molecule has 0 radical (unpaired) electrons. The summed E-state index contributed by atoms with van der Waals surface area (Å²) in [6.07, 6.45) is 1.77. The Balaban J connectivity index is 3.42. The number of ether oxygens (including phenoxy) is 1. The molecule has 0 saturated heterocycles. The van der Waals surface area contributed by atoms with Crippen molar-refractivity contribution < 1.29 is 9.53 Å². The molecule has 0 fully saturated rings. The maximum atomic E-state index is 11.1. The number of carbonyl (C=O) groups is 1. The molecule has 0 rings (SSSR count). The number of rotatable bonds is 4. The number of hydrogen-bond acceptors (Lipinski definition) is 3. The van der Waals surface area contributed by atoms with E-state index in [1.54, 1.807) is 0 Å². The molecule has 0 aliphatic rings. The summed E-state index contributed by atoms with van der Waals surface area (Å²) in [6, 6.07) is 2.05. The maximum absolute atomic E-state index is 11.1. The molecular weight excluding hydrogens is 180 g/mol. The van der Waals surface area contributed by atoms with E-state index in [-0.39, 0.29) is 0 Å². The molecule has 0 bridgehead atoms. The molecule has 1 N–H and O–H groups in total. The summed E-state index contributed by atoms with van der Waals surface area (Å²) in [6.45, 7) is 6.03. The quantitative estimate of drug-likeness (QED) is 0.704. The number of amides is 1. The fourth-order valence-corrected chi connectivity index (χ4v) is 0.834. The van der Waals surface area contributed by atoms with Crippen molar-refractivity contribution in [2.45, 2.75) is 45.6 Å². The molecule has 0 heterocycles. The van der Waals surface area contributed by atoms with E-state index in [4.69, 9.17) is 10.00 Å². The molecule has 80 valence electrons. The van der Waals surface area contributed by atoms with Crippen LogP contribution in [0.25, 0.3) is 0 Å². The highest BCUT2D eigenvalue weighted by Crippen LogP contribution is 2.06. The van der Waals surface area contributed by atoms with E-state index in [0.29, 0.717) is 13.0 Å². The summed E-state index contributed by atoms with van der Waals surface area (Å²) in [7, 11) is 0. The van der Waals surface area contributed by atoms with Crippen molar-refractivity contribution in [1.29, 1.82) is 5.26 Å². The number of nitrogens with one attached hydrogen (secondary N) is 1. The van der Waals surface area contributed by atoms with Crippen LogP contribution in [0.3, 0.4) is 0 Å². The minimum atomic E-state index is -0.448. The normalized spacial score (nSPS) is 10.4. The van der Waals surface area contributed by atoms with E-state index < -0.39 is 11.7 Å². The van der Waals surface area contributed by atoms with Crippen LogP contribution >= 0.6 is 0 Å². The van der Waals surface area contributed by atoms with E-state index in [1.807, 2.05) is 20.8 Å². The van der Waals surface area contributed by atoms with Gasteiger partial charge in [0.15, 0.2) is 0 Å². The Labute approximate surface area is 85.2 Å². The number of unbranched alkanes of at least 4 members (excludes halogenated alkanes) is 2. The fourth-order valence-electron chi connectivity index (χ4n) is 0.834. The SMILES string of the molecule is CC(C)(C)OC(=O)NCCCCC#N. The van der Waals surface area contributed by atoms with E-state index in [0.717, 1.165) is 12.8 Å². The number of nitrogens with zero attached hydrogens (tertiary/aromatic N) is 1. The molecule has 14 heavy (non-hydrogen) atoms. The van der Waals surface area contributed by atoms with Crippen LogP contribution in [0.5, 0.6) is 0 Å². The second-order valence-corrected chi connectivity index (χ2v) is 4.04. The lowest BCUT2D eigenvalue weighted by Crippen LogP contribution is -2.32. The molecule has 0 atom stereocenters. The van der Waals surface area contributed by atoms with Crippen molar-refractivity contribution in [3.63, 3.8) is 0 Å². The van der Waals surface area contributed by atoms with Gasteiger partial charge >= 0.3 is 6.09 Å². The van der Waals surface area contributed by atoms with Gasteiger partial charge in [0, 0.05) is 13.0 Å². The molecule has 0 spiro atoms. The Morgan fingerprint density at radius 3 is 2.57 bits per heavy atom. The number of nitriles is 1. The van der Waals surface area contributed by atoms with Crippen molar-refractivity contribution in [1.82, 2.24) is 5.32 Å². The molecule has 0 aromatic rings. The lowest BCUT2D eigenvalue weighted by molar-refractivity contribution is 0.0527. The fraction of sp³-hybridized carbons (Fsp3) is 0.800. The second-order valence-electron chi connectivity index (χ2n) is 4.04. The van der Waals surface area contributed by atoms with Crippen LogP contribution < -0.4 is 5.32 Å². The van der Waals surface area contributed by atoms with Gasteiger partial charge in [-0.05, 0) is 33.6 Å². The molecule has 1 amide bonds. The Morgan fingerprint density at radius 1 is 1.43 bits per heavy atom. The molecule has 0 aromatic heterocycles. The molecule has 4 nitrogen and oxygen atoms in total. The first-order valence-electron chi connectivity index (χ1n) is 4.79. The minimum Gasteiger partial charge on any atom is -0.444 e. The molecule has 0 aromatic carbocycles. The summed E-state index contributed by atoms with van der Waals surface area (Å²) >= 11 is 0. The van der Waals surface area contributed by atoms with Crippen molar-refractivity contribution in [3.05, 3.63) is 0 Å². The Bertz CT molecular complexity index is 213. The zero-order valence-electron chi connectivity index (χ0n) is 9.09. The topological polar surface area (TPSA) is 62.1 Å². The largest absolute Gasteiger partial charge is 0.444 e. The van der Waals surface area contributed by atoms with Crippen molar-refractivity contribution in [2.24, 2.45) is 0 Å². The summed E-state index contributed by atoms with van der Waals surface area (Å²) in [4.78, 5) is 11.1. The molecule has 0 saturated carbocycles. The number of carbonyl (C=O) groups excluding carboxylic acids is 1. The molecule has 0 aliphatic carbocycles. The minimum absolute atomic E-state index is 0.394. The van der Waals surface area contributed by atoms with Gasteiger partial charge in [-0.3, -0.25) is 0 Å². The van der Waals surface area contributed by atoms with Crippen molar-refractivity contribution in [3.8, 4) is 6.07 Å². The predicted molar refractivity (Wildman–Crippen MR) is 53.7 cm³/mol. The van der Waals surface area contributed by atoms with Crippen LogP contribution in [0.15, 0.2) is 0 Å². The smallest absolute Gasteiger partial charge is 0.407 e. The highest BCUT2D eigenvalue weighted by molar-refractivity contribution is 5.67. The highest BCUT2D eigenvalue weighted by Gasteiger charge is 2.15. The predicted octanol–water partition coefficient (Wildman–Crippen LogP) is 2.20. The number of alkyl carbamates (subject to hydrolysis) is 1. The van der Waals surface area contributed by atoms with Crippen LogP contribution in [-0.4, -0.2) is 18.2 Å². The van der Waals surface area contributed by atoms with Gasteiger partial charge in [-0.1, -0.05) is 0 Å². The summed E-state index contributed by atoms with van der Waals surface area (Å²) in [5, 5.41) is 10.9. The molecule has 0 unspecified atom stereocenters. The van der Waals surface area contributed by atoms with Crippen LogP contribution in [-0.2, 0) is 4.74 Å². The summed E-state index contributed by atoms with van der Waals surface area (Å²) < 4.78 is 5.03.